The lowest BCUT2D eigenvalue weighted by Gasteiger charge is -2.55. The van der Waals surface area contributed by atoms with Crippen LogP contribution in [0, 0.1) is 23.2 Å². The van der Waals surface area contributed by atoms with Gasteiger partial charge in [-0.05, 0) is 56.3 Å². The van der Waals surface area contributed by atoms with Gasteiger partial charge in [0.25, 0.3) is 6.10 Å². The maximum absolute atomic E-state index is 13.9. The number of rotatable bonds is 6. The van der Waals surface area contributed by atoms with E-state index in [1.54, 1.807) is 0 Å². The molecule has 7 rings (SSSR count). The number of hydrogen-bond acceptors (Lipinski definition) is 9. The van der Waals surface area contributed by atoms with Crippen molar-refractivity contribution in [2.24, 2.45) is 23.2 Å². The largest absolute Gasteiger partial charge is 0.447 e. The average Bonchev–Trinajstić information content (AvgIpc) is 3.38. The third-order valence-electron chi connectivity index (χ3n) is 7.97. The van der Waals surface area contributed by atoms with Gasteiger partial charge in [-0.3, -0.25) is 9.35 Å². The zero-order valence-corrected chi connectivity index (χ0v) is 19.8. The number of carbonyl (C=O) groups is 3. The van der Waals surface area contributed by atoms with Crippen molar-refractivity contribution in [1.82, 2.24) is 0 Å². The molecule has 1 unspecified atom stereocenters. The smallest absolute Gasteiger partial charge is 0.432 e. The number of fused-ring (bicyclic) bond motifs is 1. The van der Waals surface area contributed by atoms with Crippen LogP contribution in [0.3, 0.4) is 0 Å². The highest BCUT2D eigenvalue weighted by molar-refractivity contribution is 7.86. The zero-order chi connectivity index (χ0) is 27.6. The third kappa shape index (κ3) is 3.45. The molecule has 4 aliphatic carbocycles. The van der Waals surface area contributed by atoms with Gasteiger partial charge in [0.15, 0.2) is 11.2 Å². The first-order valence-electron chi connectivity index (χ1n) is 11.5. The first kappa shape index (κ1) is 25.3. The van der Waals surface area contributed by atoms with Gasteiger partial charge in [0.1, 0.15) is 11.1 Å². The molecule has 1 aliphatic heterocycles. The van der Waals surface area contributed by atoms with E-state index in [9.17, 15) is 44.8 Å². The summed E-state index contributed by atoms with van der Waals surface area (Å²) in [6.45, 7) is 0. The lowest BCUT2D eigenvalue weighted by atomic mass is 9.49. The van der Waals surface area contributed by atoms with Crippen LogP contribution in [-0.4, -0.2) is 48.4 Å². The van der Waals surface area contributed by atoms with E-state index in [4.69, 9.17) is 18.4 Å². The Labute approximate surface area is 209 Å². The lowest BCUT2D eigenvalue weighted by molar-refractivity contribution is -0.247. The summed E-state index contributed by atoms with van der Waals surface area (Å²) >= 11 is 0. The fraction of sp³-hybridized carbons (Fsp3) is 0.591. The number of carbonyl (C=O) groups excluding carboxylic acids is 3. The quantitative estimate of drug-likeness (QED) is 0.234. The molecule has 6 bridgehead atoms. The summed E-state index contributed by atoms with van der Waals surface area (Å²) < 4.78 is 118. The van der Waals surface area contributed by atoms with Crippen LogP contribution in [-0.2, 0) is 19.6 Å². The van der Waals surface area contributed by atoms with E-state index in [1.807, 2.05) is 0 Å². The normalized spacial score (nSPS) is 29.1. The van der Waals surface area contributed by atoms with Crippen molar-refractivity contribution in [3.05, 3.63) is 11.1 Å². The monoisotopic (exact) mass is 568 g/mol. The van der Waals surface area contributed by atoms with Gasteiger partial charge in [0, 0.05) is 0 Å². The first-order valence-corrected chi connectivity index (χ1v) is 12.9. The second-order valence-corrected chi connectivity index (χ2v) is 12.0. The van der Waals surface area contributed by atoms with Crippen molar-refractivity contribution in [3.63, 3.8) is 0 Å². The second-order valence-electron chi connectivity index (χ2n) is 10.5. The summed E-state index contributed by atoms with van der Waals surface area (Å²) in [5, 5.41) is -5.99. The number of halogens is 5. The van der Waals surface area contributed by atoms with Crippen LogP contribution < -0.4 is 9.47 Å². The summed E-state index contributed by atoms with van der Waals surface area (Å²) in [7, 11) is -6.69. The molecule has 38 heavy (non-hydrogen) atoms. The topological polar surface area (TPSA) is 146 Å². The summed E-state index contributed by atoms with van der Waals surface area (Å²) in [6, 6.07) is 0. The Hall–Kier alpha value is -3.01. The molecule has 1 atom stereocenters. The average molecular weight is 568 g/mol. The van der Waals surface area contributed by atoms with Gasteiger partial charge in [0.2, 0.25) is 11.5 Å². The third-order valence-corrected chi connectivity index (χ3v) is 8.87. The molecule has 0 radical (unpaired) electrons. The molecule has 0 saturated heterocycles. The molecule has 2 aromatic rings. The minimum absolute atomic E-state index is 0.329. The number of esters is 3. The number of benzene rings is 1. The molecule has 0 amide bonds. The van der Waals surface area contributed by atoms with E-state index in [-0.39, 0.29) is 0 Å². The number of alkyl halides is 5. The first-order chi connectivity index (χ1) is 17.5. The van der Waals surface area contributed by atoms with Crippen LogP contribution in [0.5, 0.6) is 11.5 Å². The highest BCUT2D eigenvalue weighted by atomic mass is 32.2. The van der Waals surface area contributed by atoms with Gasteiger partial charge in [-0.2, -0.15) is 30.4 Å². The molecule has 1 N–H and O–H groups in total. The minimum atomic E-state index is -6.69. The predicted octanol–water partition coefficient (Wildman–Crippen LogP) is 4.09. The zero-order valence-electron chi connectivity index (χ0n) is 19.0. The van der Waals surface area contributed by atoms with Gasteiger partial charge in [-0.25, -0.2) is 9.59 Å². The van der Waals surface area contributed by atoms with Gasteiger partial charge in [-0.15, -0.1) is 0 Å². The fourth-order valence-electron chi connectivity index (χ4n) is 6.86. The predicted molar refractivity (Wildman–Crippen MR) is 110 cm³/mol. The summed E-state index contributed by atoms with van der Waals surface area (Å²) in [5.41, 5.74) is -3.94. The highest BCUT2D eigenvalue weighted by Gasteiger charge is 2.66. The van der Waals surface area contributed by atoms with E-state index < -0.39 is 84.8 Å². The van der Waals surface area contributed by atoms with Crippen LogP contribution in [0.15, 0.2) is 4.42 Å². The Kier molecular flexibility index (Phi) is 5.02. The Morgan fingerprint density at radius 3 is 2.05 bits per heavy atom. The standard InChI is InChI=1S/C22H17F5O10S/c23-21(24,25)18(22(26,27)38(31,32)33)37-17(29)11-10-12-14(35-16(10)28)15(13(11)34-12)36-19(30)20-4-7-1-8(5-20)3-9(2-7)6-20/h7-9,18H,1-6H2,(H,31,32,33). The summed E-state index contributed by atoms with van der Waals surface area (Å²) in [6.07, 6.45) is -6.16. The Bertz CT molecular complexity index is 1450. The van der Waals surface area contributed by atoms with Crippen LogP contribution in [0.25, 0.3) is 11.2 Å². The molecule has 4 fully saturated rings. The molecule has 16 heteroatoms. The highest BCUT2D eigenvalue weighted by Crippen LogP contribution is 2.61. The second kappa shape index (κ2) is 7.55. The van der Waals surface area contributed by atoms with Crippen molar-refractivity contribution in [3.8, 4) is 11.5 Å². The van der Waals surface area contributed by atoms with Gasteiger partial charge in [-0.1, -0.05) is 0 Å². The molecule has 0 aromatic carbocycles. The van der Waals surface area contributed by atoms with Crippen molar-refractivity contribution in [2.45, 2.75) is 56.1 Å². The van der Waals surface area contributed by atoms with Crippen LogP contribution in [0.1, 0.15) is 59.2 Å². The van der Waals surface area contributed by atoms with E-state index in [0.717, 1.165) is 19.3 Å². The maximum atomic E-state index is 13.9. The van der Waals surface area contributed by atoms with Crippen molar-refractivity contribution < 1.29 is 67.9 Å². The molecule has 206 valence electrons. The molecule has 10 nitrogen and oxygen atoms in total. The molecule has 0 spiro atoms. The molecule has 2 aromatic heterocycles. The van der Waals surface area contributed by atoms with E-state index in [0.29, 0.717) is 37.0 Å². The molecular formula is C22H17F5O10S. The van der Waals surface area contributed by atoms with Crippen LogP contribution in [0.2, 0.25) is 0 Å². The maximum Gasteiger partial charge on any atom is 0.432 e. The minimum Gasteiger partial charge on any atom is -0.447 e. The van der Waals surface area contributed by atoms with Crippen molar-refractivity contribution >= 4 is 39.2 Å². The van der Waals surface area contributed by atoms with Crippen LogP contribution in [0.4, 0.5) is 22.0 Å². The van der Waals surface area contributed by atoms with Gasteiger partial charge < -0.3 is 18.6 Å². The molecule has 4 saturated carbocycles. The number of ether oxygens (including phenoxy) is 3. The SMILES string of the molecule is O=C1Oc2c(OC(=O)C34CC5CC(CC(C5)C3)C4)c3oc2c1c3C(=O)OC(C(F)(F)F)C(F)(F)S(=O)(=O)O. The molecule has 3 heterocycles. The summed E-state index contributed by atoms with van der Waals surface area (Å²) in [4.78, 5) is 38.4. The lowest BCUT2D eigenvalue weighted by Crippen LogP contribution is -2.52. The Morgan fingerprint density at radius 2 is 1.55 bits per heavy atom. The van der Waals surface area contributed by atoms with Crippen molar-refractivity contribution in [1.29, 1.82) is 0 Å². The van der Waals surface area contributed by atoms with E-state index in [2.05, 4.69) is 4.74 Å². The van der Waals surface area contributed by atoms with E-state index >= 15 is 0 Å². The fourth-order valence-corrected chi connectivity index (χ4v) is 7.32. The summed E-state index contributed by atoms with van der Waals surface area (Å²) in [5.74, 6) is -4.26. The van der Waals surface area contributed by atoms with Gasteiger partial charge in [0.05, 0.1) is 5.41 Å². The number of hydrogen-bond donors (Lipinski definition) is 1. The Balaban J connectivity index is 1.34. The Morgan fingerprint density at radius 1 is 1.00 bits per heavy atom. The molecule has 5 aliphatic rings. The van der Waals surface area contributed by atoms with E-state index in [1.165, 1.54) is 0 Å². The van der Waals surface area contributed by atoms with Gasteiger partial charge >= 0.3 is 39.5 Å². The van der Waals surface area contributed by atoms with Crippen molar-refractivity contribution in [2.75, 3.05) is 0 Å². The number of furan rings is 2. The molecular weight excluding hydrogens is 551 g/mol. The van der Waals surface area contributed by atoms with Crippen LogP contribution >= 0.6 is 0 Å².